The second kappa shape index (κ2) is 6.44. The molecule has 0 unspecified atom stereocenters. The molecule has 0 bridgehead atoms. The van der Waals surface area contributed by atoms with E-state index < -0.39 is 0 Å². The van der Waals surface area contributed by atoms with Crippen molar-refractivity contribution in [1.82, 2.24) is 20.1 Å². The first-order valence-electron chi connectivity index (χ1n) is 8.45. The van der Waals surface area contributed by atoms with Crippen molar-refractivity contribution in [3.8, 4) is 10.6 Å². The van der Waals surface area contributed by atoms with Crippen LogP contribution in [0.2, 0.25) is 0 Å². The molecule has 2 aromatic heterocycles. The molecular formula is C19H20N4OS. The van der Waals surface area contributed by atoms with E-state index in [1.165, 1.54) is 23.3 Å². The molecule has 0 radical (unpaired) electrons. The van der Waals surface area contributed by atoms with Crippen molar-refractivity contribution in [2.75, 3.05) is 6.54 Å². The fourth-order valence-electron chi connectivity index (χ4n) is 3.35. The van der Waals surface area contributed by atoms with Crippen molar-refractivity contribution in [2.45, 2.75) is 24.7 Å². The van der Waals surface area contributed by atoms with Crippen LogP contribution >= 0.6 is 11.3 Å². The van der Waals surface area contributed by atoms with Gasteiger partial charge in [-0.15, -0.1) is 11.3 Å². The average Bonchev–Trinajstić information content (AvgIpc) is 3.23. The number of nitrogens with one attached hydrogen (secondary N) is 1. The summed E-state index contributed by atoms with van der Waals surface area (Å²) < 4.78 is 1.73. The first-order valence-corrected chi connectivity index (χ1v) is 9.33. The molecule has 0 aliphatic heterocycles. The number of aromatic nitrogens is 3. The van der Waals surface area contributed by atoms with E-state index in [0.29, 0.717) is 12.2 Å². The Labute approximate surface area is 150 Å². The molecule has 6 heteroatoms. The minimum Gasteiger partial charge on any atom is -0.350 e. The van der Waals surface area contributed by atoms with Gasteiger partial charge in [0, 0.05) is 36.1 Å². The van der Waals surface area contributed by atoms with Crippen LogP contribution in [0.25, 0.3) is 10.6 Å². The predicted molar refractivity (Wildman–Crippen MR) is 98.6 cm³/mol. The number of carbonyl (C=O) groups is 1. The summed E-state index contributed by atoms with van der Waals surface area (Å²) in [5.41, 5.74) is 2.81. The van der Waals surface area contributed by atoms with Gasteiger partial charge >= 0.3 is 0 Å². The van der Waals surface area contributed by atoms with Gasteiger partial charge in [-0.05, 0) is 18.4 Å². The highest BCUT2D eigenvalue weighted by Crippen LogP contribution is 2.43. The molecule has 4 rings (SSSR count). The van der Waals surface area contributed by atoms with Crippen molar-refractivity contribution in [1.29, 1.82) is 0 Å². The van der Waals surface area contributed by atoms with E-state index in [-0.39, 0.29) is 11.3 Å². The molecule has 0 saturated heterocycles. The Morgan fingerprint density at radius 2 is 2.12 bits per heavy atom. The number of rotatable bonds is 5. The molecule has 1 aliphatic rings. The van der Waals surface area contributed by atoms with Crippen molar-refractivity contribution in [2.24, 2.45) is 7.05 Å². The number of thiazole rings is 1. The number of benzene rings is 1. The zero-order valence-corrected chi connectivity index (χ0v) is 14.9. The standard InChI is InChI=1S/C19H20N4OS/c1-23-11-14(10-21-23)18-22-16(12-25-18)17(24)20-13-19(8-5-9-19)15-6-3-2-4-7-15/h2-4,6-7,10-12H,5,8-9,13H2,1H3,(H,20,24). The molecule has 128 valence electrons. The number of nitrogens with zero attached hydrogens (tertiary/aromatic N) is 3. The minimum absolute atomic E-state index is 0.0825. The first kappa shape index (κ1) is 16.0. The molecule has 1 aromatic carbocycles. The van der Waals surface area contributed by atoms with Crippen LogP contribution in [0.5, 0.6) is 0 Å². The van der Waals surface area contributed by atoms with Crippen LogP contribution in [0.1, 0.15) is 35.3 Å². The van der Waals surface area contributed by atoms with Crippen LogP contribution in [0.3, 0.4) is 0 Å². The van der Waals surface area contributed by atoms with Crippen LogP contribution in [-0.4, -0.2) is 27.2 Å². The highest BCUT2D eigenvalue weighted by atomic mass is 32.1. The van der Waals surface area contributed by atoms with Gasteiger partial charge in [-0.2, -0.15) is 5.10 Å². The maximum Gasteiger partial charge on any atom is 0.270 e. The second-order valence-electron chi connectivity index (χ2n) is 6.62. The molecular weight excluding hydrogens is 332 g/mol. The van der Waals surface area contributed by atoms with E-state index in [4.69, 9.17) is 0 Å². The van der Waals surface area contributed by atoms with E-state index in [0.717, 1.165) is 23.4 Å². The molecule has 5 nitrogen and oxygen atoms in total. The summed E-state index contributed by atoms with van der Waals surface area (Å²) in [7, 11) is 1.87. The summed E-state index contributed by atoms with van der Waals surface area (Å²) >= 11 is 1.47. The summed E-state index contributed by atoms with van der Waals surface area (Å²) in [6, 6.07) is 10.5. The van der Waals surface area contributed by atoms with Gasteiger partial charge in [0.2, 0.25) is 0 Å². The molecule has 0 atom stereocenters. The molecule has 3 aromatic rings. The van der Waals surface area contributed by atoms with E-state index >= 15 is 0 Å². The van der Waals surface area contributed by atoms with E-state index in [2.05, 4.69) is 39.7 Å². The number of aryl methyl sites for hydroxylation is 1. The third-order valence-electron chi connectivity index (χ3n) is 4.97. The molecule has 1 saturated carbocycles. The SMILES string of the molecule is Cn1cc(-c2nc(C(=O)NCC3(c4ccccc4)CCC3)cs2)cn1. The topological polar surface area (TPSA) is 59.8 Å². The first-order chi connectivity index (χ1) is 12.2. The number of hydrogen-bond acceptors (Lipinski definition) is 4. The Hall–Kier alpha value is -2.47. The highest BCUT2D eigenvalue weighted by Gasteiger charge is 2.38. The van der Waals surface area contributed by atoms with E-state index in [1.807, 2.05) is 24.7 Å². The number of carbonyl (C=O) groups excluding carboxylic acids is 1. The van der Waals surface area contributed by atoms with Gasteiger partial charge in [0.15, 0.2) is 0 Å². The van der Waals surface area contributed by atoms with Gasteiger partial charge in [-0.3, -0.25) is 9.48 Å². The molecule has 1 aliphatic carbocycles. The molecule has 25 heavy (non-hydrogen) atoms. The van der Waals surface area contributed by atoms with Gasteiger partial charge in [-0.1, -0.05) is 36.8 Å². The monoisotopic (exact) mass is 352 g/mol. The van der Waals surface area contributed by atoms with Crippen LogP contribution in [-0.2, 0) is 12.5 Å². The van der Waals surface area contributed by atoms with E-state index in [9.17, 15) is 4.79 Å². The smallest absolute Gasteiger partial charge is 0.270 e. The summed E-state index contributed by atoms with van der Waals surface area (Å²) in [4.78, 5) is 17.0. The second-order valence-corrected chi connectivity index (χ2v) is 7.48. The van der Waals surface area contributed by atoms with Crippen molar-refractivity contribution < 1.29 is 4.79 Å². The Balaban J connectivity index is 1.45. The average molecular weight is 352 g/mol. The Morgan fingerprint density at radius 1 is 1.32 bits per heavy atom. The van der Waals surface area contributed by atoms with Gasteiger partial charge < -0.3 is 5.32 Å². The Kier molecular flexibility index (Phi) is 4.13. The number of hydrogen-bond donors (Lipinski definition) is 1. The maximum atomic E-state index is 12.5. The molecule has 1 amide bonds. The van der Waals surface area contributed by atoms with Gasteiger partial charge in [-0.25, -0.2) is 4.98 Å². The lowest BCUT2D eigenvalue weighted by molar-refractivity contribution is 0.0923. The van der Waals surface area contributed by atoms with Crippen molar-refractivity contribution in [3.63, 3.8) is 0 Å². The van der Waals surface area contributed by atoms with Gasteiger partial charge in [0.05, 0.1) is 6.20 Å². The third-order valence-corrected chi connectivity index (χ3v) is 5.86. The fourth-order valence-corrected chi connectivity index (χ4v) is 4.12. The summed E-state index contributed by atoms with van der Waals surface area (Å²) in [6.45, 7) is 0.662. The number of amides is 1. The lowest BCUT2D eigenvalue weighted by atomic mass is 9.64. The largest absolute Gasteiger partial charge is 0.350 e. The lowest BCUT2D eigenvalue weighted by Gasteiger charge is -2.42. The zero-order chi connectivity index (χ0) is 17.3. The normalized spacial score (nSPS) is 15.6. The quantitative estimate of drug-likeness (QED) is 0.766. The fraction of sp³-hybridized carbons (Fsp3) is 0.316. The van der Waals surface area contributed by atoms with Crippen LogP contribution in [0, 0.1) is 0 Å². The van der Waals surface area contributed by atoms with Crippen LogP contribution < -0.4 is 5.32 Å². The van der Waals surface area contributed by atoms with Gasteiger partial charge in [0.1, 0.15) is 10.7 Å². The molecule has 1 fully saturated rings. The Morgan fingerprint density at radius 3 is 2.76 bits per heavy atom. The summed E-state index contributed by atoms with van der Waals surface area (Å²) in [6.07, 6.45) is 7.12. The van der Waals surface area contributed by atoms with E-state index in [1.54, 1.807) is 10.9 Å². The third kappa shape index (κ3) is 3.09. The molecule has 0 spiro atoms. The maximum absolute atomic E-state index is 12.5. The minimum atomic E-state index is -0.103. The predicted octanol–water partition coefficient (Wildman–Crippen LogP) is 3.40. The Bertz CT molecular complexity index is 880. The van der Waals surface area contributed by atoms with Crippen molar-refractivity contribution >= 4 is 17.2 Å². The molecule has 2 heterocycles. The zero-order valence-electron chi connectivity index (χ0n) is 14.1. The summed E-state index contributed by atoms with van der Waals surface area (Å²) in [5.74, 6) is -0.103. The van der Waals surface area contributed by atoms with Crippen LogP contribution in [0.15, 0.2) is 48.1 Å². The van der Waals surface area contributed by atoms with Crippen molar-refractivity contribution in [3.05, 3.63) is 59.4 Å². The summed E-state index contributed by atoms with van der Waals surface area (Å²) in [5, 5.41) is 9.88. The lowest BCUT2D eigenvalue weighted by Crippen LogP contribution is -2.45. The van der Waals surface area contributed by atoms with Crippen LogP contribution in [0.4, 0.5) is 0 Å². The molecule has 1 N–H and O–H groups in total. The van der Waals surface area contributed by atoms with Gasteiger partial charge in [0.25, 0.3) is 5.91 Å². The highest BCUT2D eigenvalue weighted by molar-refractivity contribution is 7.13.